The van der Waals surface area contributed by atoms with Crippen molar-refractivity contribution in [3.8, 4) is 0 Å². The monoisotopic (exact) mass is 168 g/mol. The molecule has 0 radical (unpaired) electrons. The van der Waals surface area contributed by atoms with Crippen LogP contribution in [-0.4, -0.2) is 16.9 Å². The Labute approximate surface area is 71.1 Å². The van der Waals surface area contributed by atoms with E-state index in [0.29, 0.717) is 12.8 Å². The fraction of sp³-hybridized carbons (Fsp3) is 0.556. The number of hydrogen-bond acceptors (Lipinski definition) is 2. The van der Waals surface area contributed by atoms with Crippen LogP contribution in [0.2, 0.25) is 0 Å². The fourth-order valence-electron chi connectivity index (χ4n) is 1.54. The predicted molar refractivity (Wildman–Crippen MR) is 43.7 cm³/mol. The van der Waals surface area contributed by atoms with Crippen molar-refractivity contribution in [2.24, 2.45) is 11.8 Å². The molecule has 0 amide bonds. The molecule has 3 heteroatoms. The molecule has 2 atom stereocenters. The molecule has 0 aromatic heterocycles. The Bertz CT molecular complexity index is 206. The number of carbonyl (C=O) groups is 2. The molecule has 0 bridgehead atoms. The maximum absolute atomic E-state index is 11.0. The summed E-state index contributed by atoms with van der Waals surface area (Å²) in [6.07, 6.45) is 4.77. The van der Waals surface area contributed by atoms with Crippen molar-refractivity contribution in [3.63, 3.8) is 0 Å². The Kier molecular flexibility index (Phi) is 2.63. The molecule has 3 nitrogen and oxygen atoms in total. The molecule has 0 saturated heterocycles. The summed E-state index contributed by atoms with van der Waals surface area (Å²) in [5.74, 6) is -1.70. The number of hydrogen-bond donors (Lipinski definition) is 1. The lowest BCUT2D eigenvalue weighted by atomic mass is 9.81. The van der Waals surface area contributed by atoms with Crippen molar-refractivity contribution >= 4 is 11.8 Å². The van der Waals surface area contributed by atoms with E-state index in [1.165, 1.54) is 6.92 Å². The Hall–Kier alpha value is -1.12. The largest absolute Gasteiger partial charge is 0.481 e. The average Bonchev–Trinajstić information content (AvgIpc) is 2.04. The van der Waals surface area contributed by atoms with Crippen molar-refractivity contribution in [2.75, 3.05) is 0 Å². The van der Waals surface area contributed by atoms with Crippen LogP contribution in [0.15, 0.2) is 12.2 Å². The van der Waals surface area contributed by atoms with Gasteiger partial charge in [0, 0.05) is 5.92 Å². The molecule has 0 aromatic carbocycles. The van der Waals surface area contributed by atoms with E-state index in [0.717, 1.165) is 0 Å². The van der Waals surface area contributed by atoms with Gasteiger partial charge in [0.1, 0.15) is 5.78 Å². The lowest BCUT2D eigenvalue weighted by molar-refractivity contribution is -0.146. The molecule has 0 fully saturated rings. The van der Waals surface area contributed by atoms with Crippen LogP contribution in [0.4, 0.5) is 0 Å². The third-order valence-corrected chi connectivity index (χ3v) is 2.27. The second-order valence-corrected chi connectivity index (χ2v) is 3.10. The van der Waals surface area contributed by atoms with Gasteiger partial charge in [-0.2, -0.15) is 0 Å². The van der Waals surface area contributed by atoms with Gasteiger partial charge in [0.15, 0.2) is 0 Å². The molecule has 2 unspecified atom stereocenters. The van der Waals surface area contributed by atoms with E-state index >= 15 is 0 Å². The van der Waals surface area contributed by atoms with Crippen molar-refractivity contribution in [1.29, 1.82) is 0 Å². The highest BCUT2D eigenvalue weighted by Gasteiger charge is 2.31. The molecule has 66 valence electrons. The van der Waals surface area contributed by atoms with E-state index in [-0.39, 0.29) is 11.7 Å². The zero-order valence-electron chi connectivity index (χ0n) is 6.99. The Morgan fingerprint density at radius 2 is 1.75 bits per heavy atom. The molecule has 0 heterocycles. The van der Waals surface area contributed by atoms with Crippen LogP contribution in [0, 0.1) is 11.8 Å². The van der Waals surface area contributed by atoms with Crippen molar-refractivity contribution in [3.05, 3.63) is 12.2 Å². The molecule has 0 saturated carbocycles. The zero-order chi connectivity index (χ0) is 9.14. The van der Waals surface area contributed by atoms with E-state index in [9.17, 15) is 9.59 Å². The molecule has 0 aromatic rings. The van der Waals surface area contributed by atoms with Gasteiger partial charge < -0.3 is 5.11 Å². The highest BCUT2D eigenvalue weighted by atomic mass is 16.4. The zero-order valence-corrected chi connectivity index (χ0v) is 6.99. The van der Waals surface area contributed by atoms with Crippen LogP contribution < -0.4 is 0 Å². The molecular formula is C9H12O3. The second-order valence-electron chi connectivity index (χ2n) is 3.10. The molecule has 1 rings (SSSR count). The van der Waals surface area contributed by atoms with Gasteiger partial charge in [-0.15, -0.1) is 0 Å². The van der Waals surface area contributed by atoms with Crippen LogP contribution in [0.1, 0.15) is 19.8 Å². The number of ketones is 1. The number of carboxylic acids is 1. The highest BCUT2D eigenvalue weighted by molar-refractivity contribution is 5.85. The van der Waals surface area contributed by atoms with Crippen LogP contribution in [0.5, 0.6) is 0 Å². The summed E-state index contributed by atoms with van der Waals surface area (Å²) in [6.45, 7) is 1.46. The first kappa shape index (κ1) is 8.97. The Morgan fingerprint density at radius 1 is 1.25 bits per heavy atom. The number of rotatable bonds is 2. The Balaban J connectivity index is 2.76. The molecule has 0 aliphatic heterocycles. The molecule has 1 aliphatic rings. The quantitative estimate of drug-likeness (QED) is 0.631. The topological polar surface area (TPSA) is 54.4 Å². The third kappa shape index (κ3) is 1.72. The molecular weight excluding hydrogens is 156 g/mol. The van der Waals surface area contributed by atoms with Gasteiger partial charge in [0.2, 0.25) is 0 Å². The maximum atomic E-state index is 11.0. The smallest absolute Gasteiger partial charge is 0.307 e. The molecule has 12 heavy (non-hydrogen) atoms. The summed E-state index contributed by atoms with van der Waals surface area (Å²) in [7, 11) is 0. The van der Waals surface area contributed by atoms with E-state index in [2.05, 4.69) is 0 Å². The van der Waals surface area contributed by atoms with E-state index in [4.69, 9.17) is 5.11 Å². The van der Waals surface area contributed by atoms with Gasteiger partial charge in [-0.3, -0.25) is 9.59 Å². The van der Waals surface area contributed by atoms with Crippen LogP contribution in [0.3, 0.4) is 0 Å². The van der Waals surface area contributed by atoms with Crippen LogP contribution in [0.25, 0.3) is 0 Å². The van der Waals surface area contributed by atoms with Gasteiger partial charge in [0.25, 0.3) is 0 Å². The minimum Gasteiger partial charge on any atom is -0.481 e. The summed E-state index contributed by atoms with van der Waals surface area (Å²) in [4.78, 5) is 21.7. The van der Waals surface area contributed by atoms with E-state index < -0.39 is 11.9 Å². The number of allylic oxidation sites excluding steroid dienone is 2. The highest BCUT2D eigenvalue weighted by Crippen LogP contribution is 2.26. The first-order valence-electron chi connectivity index (χ1n) is 4.01. The average molecular weight is 168 g/mol. The summed E-state index contributed by atoms with van der Waals surface area (Å²) >= 11 is 0. The van der Waals surface area contributed by atoms with Gasteiger partial charge in [-0.25, -0.2) is 0 Å². The second kappa shape index (κ2) is 3.52. The first-order valence-corrected chi connectivity index (χ1v) is 4.01. The number of aliphatic carboxylic acids is 1. The molecule has 1 aliphatic carbocycles. The lowest BCUT2D eigenvalue weighted by Gasteiger charge is -2.22. The first-order chi connectivity index (χ1) is 5.63. The summed E-state index contributed by atoms with van der Waals surface area (Å²) < 4.78 is 0. The minimum absolute atomic E-state index is 0.0215. The summed E-state index contributed by atoms with van der Waals surface area (Å²) in [5, 5.41) is 8.77. The SMILES string of the molecule is CC(=O)C1CC=CCC1C(=O)O. The van der Waals surface area contributed by atoms with Gasteiger partial charge in [-0.05, 0) is 19.8 Å². The fourth-order valence-corrected chi connectivity index (χ4v) is 1.54. The lowest BCUT2D eigenvalue weighted by Crippen LogP contribution is -2.29. The minimum atomic E-state index is -0.862. The predicted octanol–water partition coefficient (Wildman–Crippen LogP) is 1.24. The van der Waals surface area contributed by atoms with Gasteiger partial charge in [0.05, 0.1) is 5.92 Å². The van der Waals surface area contributed by atoms with Crippen molar-refractivity contribution in [2.45, 2.75) is 19.8 Å². The third-order valence-electron chi connectivity index (χ3n) is 2.27. The normalized spacial score (nSPS) is 28.4. The van der Waals surface area contributed by atoms with E-state index in [1.54, 1.807) is 0 Å². The standard InChI is InChI=1S/C9H12O3/c1-6(10)7-4-2-3-5-8(7)9(11)12/h2-3,7-8H,4-5H2,1H3,(H,11,12). The molecule has 0 spiro atoms. The van der Waals surface area contributed by atoms with Crippen molar-refractivity contribution in [1.82, 2.24) is 0 Å². The van der Waals surface area contributed by atoms with Gasteiger partial charge in [-0.1, -0.05) is 12.2 Å². The van der Waals surface area contributed by atoms with E-state index in [1.807, 2.05) is 12.2 Å². The maximum Gasteiger partial charge on any atom is 0.307 e. The number of Topliss-reactive ketones (excluding diaryl/α,β-unsaturated/α-hetero) is 1. The van der Waals surface area contributed by atoms with Crippen LogP contribution in [-0.2, 0) is 9.59 Å². The summed E-state index contributed by atoms with van der Waals surface area (Å²) in [5.41, 5.74) is 0. The van der Waals surface area contributed by atoms with Crippen LogP contribution >= 0.6 is 0 Å². The number of carbonyl (C=O) groups excluding carboxylic acids is 1. The number of carboxylic acid groups (broad SMARTS) is 1. The Morgan fingerprint density at radius 3 is 2.08 bits per heavy atom. The van der Waals surface area contributed by atoms with Gasteiger partial charge >= 0.3 is 5.97 Å². The summed E-state index contributed by atoms with van der Waals surface area (Å²) in [6, 6.07) is 0. The molecule has 1 N–H and O–H groups in total. The van der Waals surface area contributed by atoms with Crippen molar-refractivity contribution < 1.29 is 14.7 Å².